The van der Waals surface area contributed by atoms with E-state index in [1.54, 1.807) is 0 Å². The van der Waals surface area contributed by atoms with Gasteiger partial charge in [-0.2, -0.15) is 0 Å². The highest BCUT2D eigenvalue weighted by Crippen LogP contribution is 2.32. The van der Waals surface area contributed by atoms with Crippen LogP contribution in [0, 0.1) is 5.92 Å². The van der Waals surface area contributed by atoms with E-state index in [0.29, 0.717) is 24.5 Å². The number of amides is 1. The highest BCUT2D eigenvalue weighted by atomic mass is 16.2. The second-order valence-electron chi connectivity index (χ2n) is 8.27. The van der Waals surface area contributed by atoms with E-state index in [1.165, 1.54) is 44.2 Å². The van der Waals surface area contributed by atoms with Crippen molar-refractivity contribution in [2.45, 2.75) is 63.2 Å². The molecule has 3 unspecified atom stereocenters. The maximum absolute atomic E-state index is 12.6. The standard InChI is InChI=1S/C19H29N5O/c25-19(9-14-3-1-2-4-14)22-7-8-23-17(13-22)10-18(21-23)24-15-5-6-16(24)12-20-11-15/h7-8,10,14-16,18,20-21H,1-6,9,11-13H2. The molecule has 3 fully saturated rings. The summed E-state index contributed by atoms with van der Waals surface area (Å²) in [7, 11) is 0. The van der Waals surface area contributed by atoms with Gasteiger partial charge in [-0.25, -0.2) is 5.43 Å². The van der Waals surface area contributed by atoms with Crippen LogP contribution in [0.4, 0.5) is 0 Å². The lowest BCUT2D eigenvalue weighted by Crippen LogP contribution is -2.59. The molecule has 4 heterocycles. The van der Waals surface area contributed by atoms with Crippen molar-refractivity contribution in [2.75, 3.05) is 19.6 Å². The maximum Gasteiger partial charge on any atom is 0.227 e. The maximum atomic E-state index is 12.6. The topological polar surface area (TPSA) is 50.9 Å². The molecule has 0 aromatic rings. The third-order valence-corrected chi connectivity index (χ3v) is 6.67. The van der Waals surface area contributed by atoms with Gasteiger partial charge in [-0.1, -0.05) is 12.8 Å². The number of rotatable bonds is 3. The van der Waals surface area contributed by atoms with Gasteiger partial charge in [0, 0.05) is 44.0 Å². The minimum atomic E-state index is 0.268. The Morgan fingerprint density at radius 1 is 1.08 bits per heavy atom. The van der Waals surface area contributed by atoms with Crippen LogP contribution in [0.5, 0.6) is 0 Å². The third-order valence-electron chi connectivity index (χ3n) is 6.67. The van der Waals surface area contributed by atoms with Crippen LogP contribution in [-0.2, 0) is 4.79 Å². The van der Waals surface area contributed by atoms with Crippen molar-refractivity contribution in [3.8, 4) is 0 Å². The Morgan fingerprint density at radius 2 is 1.84 bits per heavy atom. The van der Waals surface area contributed by atoms with Gasteiger partial charge in [0.05, 0.1) is 18.4 Å². The molecule has 6 nitrogen and oxygen atoms in total. The summed E-state index contributed by atoms with van der Waals surface area (Å²) in [6.45, 7) is 2.90. The molecule has 2 N–H and O–H groups in total. The SMILES string of the molecule is O=C(CC1CCCC1)N1C=CN2NC(N3C4CCC3CNC4)C=C2C1. The van der Waals surface area contributed by atoms with Crippen molar-refractivity contribution in [3.63, 3.8) is 0 Å². The van der Waals surface area contributed by atoms with Crippen LogP contribution in [-0.4, -0.2) is 58.6 Å². The van der Waals surface area contributed by atoms with E-state index >= 15 is 0 Å². The lowest BCUT2D eigenvalue weighted by atomic mass is 10.0. The second-order valence-corrected chi connectivity index (χ2v) is 8.27. The molecule has 136 valence electrons. The summed E-state index contributed by atoms with van der Waals surface area (Å²) < 4.78 is 0. The second kappa shape index (κ2) is 6.41. The largest absolute Gasteiger partial charge is 0.314 e. The Hall–Kier alpha value is -1.37. The van der Waals surface area contributed by atoms with Gasteiger partial charge in [0.15, 0.2) is 0 Å². The molecule has 2 bridgehead atoms. The van der Waals surface area contributed by atoms with E-state index in [9.17, 15) is 4.79 Å². The zero-order chi connectivity index (χ0) is 16.8. The Kier molecular flexibility index (Phi) is 4.07. The van der Waals surface area contributed by atoms with Gasteiger partial charge in [-0.05, 0) is 37.7 Å². The minimum Gasteiger partial charge on any atom is -0.314 e. The number of hydrazine groups is 1. The van der Waals surface area contributed by atoms with Crippen molar-refractivity contribution in [3.05, 3.63) is 24.2 Å². The molecule has 0 aromatic carbocycles. The molecule has 5 aliphatic rings. The molecule has 4 aliphatic heterocycles. The van der Waals surface area contributed by atoms with Crippen molar-refractivity contribution in [2.24, 2.45) is 5.92 Å². The van der Waals surface area contributed by atoms with E-state index in [0.717, 1.165) is 19.5 Å². The number of hydrogen-bond acceptors (Lipinski definition) is 5. The molecule has 0 aromatic heterocycles. The van der Waals surface area contributed by atoms with E-state index in [2.05, 4.69) is 26.7 Å². The van der Waals surface area contributed by atoms with Crippen LogP contribution in [0.25, 0.3) is 0 Å². The summed E-state index contributed by atoms with van der Waals surface area (Å²) in [5.74, 6) is 0.897. The predicted octanol–water partition coefficient (Wildman–Crippen LogP) is 1.35. The number of fused-ring (bicyclic) bond motifs is 3. The lowest BCUT2D eigenvalue weighted by molar-refractivity contribution is -0.129. The fourth-order valence-corrected chi connectivity index (χ4v) is 5.34. The summed E-state index contributed by atoms with van der Waals surface area (Å²) in [5, 5.41) is 5.67. The first-order valence-corrected chi connectivity index (χ1v) is 10.00. The molecule has 1 amide bonds. The zero-order valence-corrected chi connectivity index (χ0v) is 14.9. The van der Waals surface area contributed by atoms with E-state index in [4.69, 9.17) is 0 Å². The van der Waals surface area contributed by atoms with Crippen LogP contribution >= 0.6 is 0 Å². The predicted molar refractivity (Wildman–Crippen MR) is 95.8 cm³/mol. The Morgan fingerprint density at radius 3 is 2.60 bits per heavy atom. The highest BCUT2D eigenvalue weighted by molar-refractivity contribution is 5.78. The summed E-state index contributed by atoms with van der Waals surface area (Å²) in [6.07, 6.45) is 14.9. The third kappa shape index (κ3) is 2.90. The van der Waals surface area contributed by atoms with Crippen molar-refractivity contribution in [1.82, 2.24) is 25.6 Å². The summed E-state index contributed by atoms with van der Waals surface area (Å²) in [5.41, 5.74) is 4.82. The monoisotopic (exact) mass is 343 g/mol. The molecule has 1 saturated carbocycles. The van der Waals surface area contributed by atoms with Crippen LogP contribution in [0.15, 0.2) is 24.2 Å². The van der Waals surface area contributed by atoms with Gasteiger partial charge in [0.2, 0.25) is 5.91 Å². The average molecular weight is 343 g/mol. The normalized spacial score (nSPS) is 35.4. The van der Waals surface area contributed by atoms with Crippen LogP contribution < -0.4 is 10.7 Å². The number of nitrogens with zero attached hydrogens (tertiary/aromatic N) is 3. The number of carbonyl (C=O) groups is 1. The van der Waals surface area contributed by atoms with Crippen molar-refractivity contribution < 1.29 is 4.79 Å². The summed E-state index contributed by atoms with van der Waals surface area (Å²) in [4.78, 5) is 17.2. The quantitative estimate of drug-likeness (QED) is 0.810. The fourth-order valence-electron chi connectivity index (χ4n) is 5.34. The number of carbonyl (C=O) groups excluding carboxylic acids is 1. The molecule has 1 aliphatic carbocycles. The molecular weight excluding hydrogens is 314 g/mol. The molecule has 3 atom stereocenters. The van der Waals surface area contributed by atoms with E-state index in [-0.39, 0.29) is 12.1 Å². The van der Waals surface area contributed by atoms with Gasteiger partial charge in [0.25, 0.3) is 0 Å². The van der Waals surface area contributed by atoms with Gasteiger partial charge in [-0.3, -0.25) is 14.7 Å². The Labute approximate surface area is 149 Å². The van der Waals surface area contributed by atoms with E-state index in [1.807, 2.05) is 17.3 Å². The van der Waals surface area contributed by atoms with Crippen LogP contribution in [0.3, 0.4) is 0 Å². The van der Waals surface area contributed by atoms with Crippen LogP contribution in [0.1, 0.15) is 44.9 Å². The Bertz CT molecular complexity index is 581. The van der Waals surface area contributed by atoms with Gasteiger partial charge in [-0.15, -0.1) is 0 Å². The average Bonchev–Trinajstić information content (AvgIpc) is 3.32. The van der Waals surface area contributed by atoms with Crippen molar-refractivity contribution >= 4 is 5.91 Å². The first kappa shape index (κ1) is 15.9. The van der Waals surface area contributed by atoms with Crippen LogP contribution in [0.2, 0.25) is 0 Å². The molecule has 0 radical (unpaired) electrons. The first-order valence-electron chi connectivity index (χ1n) is 10.00. The van der Waals surface area contributed by atoms with Gasteiger partial charge >= 0.3 is 0 Å². The summed E-state index contributed by atoms with van der Waals surface area (Å²) in [6, 6.07) is 1.28. The molecule has 2 saturated heterocycles. The lowest BCUT2D eigenvalue weighted by Gasteiger charge is -2.39. The zero-order valence-electron chi connectivity index (χ0n) is 14.9. The molecule has 5 rings (SSSR count). The molecular formula is C19H29N5O. The van der Waals surface area contributed by atoms with Crippen molar-refractivity contribution in [1.29, 1.82) is 0 Å². The molecule has 0 spiro atoms. The number of piperazine rings is 1. The Balaban J connectivity index is 1.25. The minimum absolute atomic E-state index is 0.268. The number of nitrogens with one attached hydrogen (secondary N) is 2. The van der Waals surface area contributed by atoms with Gasteiger partial charge < -0.3 is 10.2 Å². The fraction of sp³-hybridized carbons (Fsp3) is 0.737. The molecule has 6 heteroatoms. The van der Waals surface area contributed by atoms with Gasteiger partial charge in [0.1, 0.15) is 0 Å². The summed E-state index contributed by atoms with van der Waals surface area (Å²) >= 11 is 0. The first-order chi connectivity index (χ1) is 12.3. The number of hydrogen-bond donors (Lipinski definition) is 2. The van der Waals surface area contributed by atoms with E-state index < -0.39 is 0 Å². The molecule has 25 heavy (non-hydrogen) atoms. The highest BCUT2D eigenvalue weighted by Gasteiger charge is 2.42. The smallest absolute Gasteiger partial charge is 0.227 e.